The maximum atomic E-state index is 6.30. The van der Waals surface area contributed by atoms with Crippen LogP contribution < -0.4 is 0 Å². The van der Waals surface area contributed by atoms with Gasteiger partial charge in [0, 0.05) is 0 Å². The Morgan fingerprint density at radius 1 is 1.11 bits per heavy atom. The van der Waals surface area contributed by atoms with Gasteiger partial charge in [-0.3, -0.25) is 4.57 Å². The number of rotatable bonds is 1. The van der Waals surface area contributed by atoms with E-state index in [0.29, 0.717) is 14.8 Å². The summed E-state index contributed by atoms with van der Waals surface area (Å²) in [5.74, 6) is 0. The number of imidazole rings is 1. The van der Waals surface area contributed by atoms with Gasteiger partial charge in [-0.2, -0.15) is 0 Å². The second kappa shape index (κ2) is 4.67. The monoisotopic (exact) mass is 308 g/mol. The molecule has 19 heavy (non-hydrogen) atoms. The van der Waals surface area contributed by atoms with Crippen LogP contribution in [0.1, 0.15) is 5.56 Å². The van der Waals surface area contributed by atoms with Crippen LogP contribution in [0.5, 0.6) is 0 Å². The molecule has 0 aliphatic heterocycles. The summed E-state index contributed by atoms with van der Waals surface area (Å²) in [6, 6.07) is 11.6. The van der Waals surface area contributed by atoms with Gasteiger partial charge in [0.05, 0.1) is 26.8 Å². The average Bonchev–Trinajstić information content (AvgIpc) is 2.71. The minimum absolute atomic E-state index is 0.504. The van der Waals surface area contributed by atoms with Crippen LogP contribution in [0.3, 0.4) is 0 Å². The third-order valence-electron chi connectivity index (χ3n) is 3.08. The molecule has 1 N–H and O–H groups in total. The predicted molar refractivity (Wildman–Crippen MR) is 83.2 cm³/mol. The van der Waals surface area contributed by atoms with Crippen LogP contribution >= 0.6 is 35.4 Å². The lowest BCUT2D eigenvalue weighted by molar-refractivity contribution is 1.06. The molecule has 0 fully saturated rings. The number of para-hydroxylation sites is 1. The molecule has 0 saturated heterocycles. The summed E-state index contributed by atoms with van der Waals surface area (Å²) < 4.78 is 2.53. The van der Waals surface area contributed by atoms with Crippen LogP contribution in [0, 0.1) is 11.7 Å². The Hall–Kier alpha value is -1.29. The Balaban J connectivity index is 2.46. The number of nitrogens with zero attached hydrogens (tertiary/aromatic N) is 1. The number of hydrogen-bond acceptors (Lipinski definition) is 1. The molecule has 0 aliphatic carbocycles. The first-order valence-electron chi connectivity index (χ1n) is 5.74. The molecule has 3 rings (SSSR count). The number of H-pyrrole nitrogens is 1. The summed E-state index contributed by atoms with van der Waals surface area (Å²) in [5, 5.41) is 1.02. The van der Waals surface area contributed by atoms with Crippen LogP contribution in [-0.4, -0.2) is 9.55 Å². The lowest BCUT2D eigenvalue weighted by Gasteiger charge is -2.09. The zero-order valence-electron chi connectivity index (χ0n) is 10.1. The van der Waals surface area contributed by atoms with E-state index in [1.807, 2.05) is 41.8 Å². The SMILES string of the molecule is Cc1cccc2[nH]c(=S)n(-c3cccc(Cl)c3Cl)c12. The Kier molecular flexibility index (Phi) is 3.13. The van der Waals surface area contributed by atoms with E-state index in [9.17, 15) is 0 Å². The number of aromatic amines is 1. The third kappa shape index (κ3) is 1.98. The van der Waals surface area contributed by atoms with E-state index in [2.05, 4.69) is 4.98 Å². The molecule has 96 valence electrons. The Morgan fingerprint density at radius 2 is 1.84 bits per heavy atom. The Bertz CT molecular complexity index is 833. The molecule has 3 aromatic rings. The van der Waals surface area contributed by atoms with Gasteiger partial charge in [0.1, 0.15) is 0 Å². The summed E-state index contributed by atoms with van der Waals surface area (Å²) in [6.45, 7) is 2.04. The zero-order chi connectivity index (χ0) is 13.6. The molecular formula is C14H10Cl2N2S. The molecule has 5 heteroatoms. The third-order valence-corrected chi connectivity index (χ3v) is 4.17. The average molecular weight is 309 g/mol. The van der Waals surface area contributed by atoms with Gasteiger partial charge in [0.25, 0.3) is 0 Å². The van der Waals surface area contributed by atoms with Crippen molar-refractivity contribution in [1.82, 2.24) is 9.55 Å². The summed E-state index contributed by atoms with van der Waals surface area (Å²) in [6.07, 6.45) is 0. The molecule has 0 spiro atoms. The van der Waals surface area contributed by atoms with Crippen LogP contribution in [0.4, 0.5) is 0 Å². The molecule has 0 unspecified atom stereocenters. The van der Waals surface area contributed by atoms with Crippen LogP contribution in [0.15, 0.2) is 36.4 Å². The number of hydrogen-bond donors (Lipinski definition) is 1. The molecule has 0 bridgehead atoms. The molecule has 0 saturated carbocycles. The van der Waals surface area contributed by atoms with Crippen molar-refractivity contribution in [3.8, 4) is 5.69 Å². The number of benzene rings is 2. The van der Waals surface area contributed by atoms with Crippen molar-refractivity contribution >= 4 is 46.5 Å². The van der Waals surface area contributed by atoms with Crippen molar-refractivity contribution in [3.05, 3.63) is 56.8 Å². The fraction of sp³-hybridized carbons (Fsp3) is 0.0714. The summed E-state index contributed by atoms with van der Waals surface area (Å²) in [4.78, 5) is 3.19. The summed E-state index contributed by atoms with van der Waals surface area (Å²) >= 11 is 17.8. The van der Waals surface area contributed by atoms with E-state index in [4.69, 9.17) is 35.4 Å². The van der Waals surface area contributed by atoms with Gasteiger partial charge in [-0.25, -0.2) is 0 Å². The van der Waals surface area contributed by atoms with E-state index >= 15 is 0 Å². The van der Waals surface area contributed by atoms with Crippen molar-refractivity contribution in [2.45, 2.75) is 6.92 Å². The van der Waals surface area contributed by atoms with Crippen LogP contribution in [0.2, 0.25) is 10.0 Å². The Labute approximate surface area is 125 Å². The van der Waals surface area contributed by atoms with Crippen molar-refractivity contribution in [2.75, 3.05) is 0 Å². The first-order chi connectivity index (χ1) is 9.09. The normalized spacial score (nSPS) is 11.1. The number of aryl methyl sites for hydroxylation is 1. The van der Waals surface area contributed by atoms with Gasteiger partial charge >= 0.3 is 0 Å². The highest BCUT2D eigenvalue weighted by molar-refractivity contribution is 7.71. The van der Waals surface area contributed by atoms with Crippen LogP contribution in [-0.2, 0) is 0 Å². The Morgan fingerprint density at radius 3 is 2.63 bits per heavy atom. The minimum atomic E-state index is 0.504. The fourth-order valence-electron chi connectivity index (χ4n) is 2.22. The van der Waals surface area contributed by atoms with Gasteiger partial charge in [-0.15, -0.1) is 0 Å². The molecule has 0 atom stereocenters. The highest BCUT2D eigenvalue weighted by atomic mass is 35.5. The molecule has 2 nitrogen and oxygen atoms in total. The lowest BCUT2D eigenvalue weighted by Crippen LogP contribution is -1.96. The maximum Gasteiger partial charge on any atom is 0.182 e. The predicted octanol–water partition coefficient (Wildman–Crippen LogP) is 5.30. The number of halogens is 2. The first-order valence-corrected chi connectivity index (χ1v) is 6.91. The van der Waals surface area contributed by atoms with E-state index in [0.717, 1.165) is 22.3 Å². The molecule has 0 amide bonds. The number of fused-ring (bicyclic) bond motifs is 1. The second-order valence-corrected chi connectivity index (χ2v) is 5.48. The highest BCUT2D eigenvalue weighted by Crippen LogP contribution is 2.31. The molecule has 2 aromatic carbocycles. The summed E-state index contributed by atoms with van der Waals surface area (Å²) in [7, 11) is 0. The molecule has 1 heterocycles. The van der Waals surface area contributed by atoms with Crippen molar-refractivity contribution in [1.29, 1.82) is 0 Å². The lowest BCUT2D eigenvalue weighted by atomic mass is 10.2. The topological polar surface area (TPSA) is 20.7 Å². The van der Waals surface area contributed by atoms with Gasteiger partial charge in [0.15, 0.2) is 4.77 Å². The van der Waals surface area contributed by atoms with E-state index in [-0.39, 0.29) is 0 Å². The largest absolute Gasteiger partial charge is 0.330 e. The van der Waals surface area contributed by atoms with Gasteiger partial charge in [0.2, 0.25) is 0 Å². The zero-order valence-corrected chi connectivity index (χ0v) is 12.4. The number of aromatic nitrogens is 2. The van der Waals surface area contributed by atoms with Crippen molar-refractivity contribution in [3.63, 3.8) is 0 Å². The van der Waals surface area contributed by atoms with Crippen LogP contribution in [0.25, 0.3) is 16.7 Å². The number of nitrogens with one attached hydrogen (secondary N) is 1. The van der Waals surface area contributed by atoms with Gasteiger partial charge in [-0.1, -0.05) is 41.4 Å². The fourth-order valence-corrected chi connectivity index (χ4v) is 2.90. The quantitative estimate of drug-likeness (QED) is 0.605. The van der Waals surface area contributed by atoms with E-state index in [1.165, 1.54) is 0 Å². The summed E-state index contributed by atoms with van der Waals surface area (Å²) in [5.41, 5.74) is 3.93. The standard InChI is InChI=1S/C14H10Cl2N2S/c1-8-4-2-6-10-13(8)18(14(19)17-10)11-7-3-5-9(15)12(11)16/h2-7H,1H3,(H,17,19). The van der Waals surface area contributed by atoms with Gasteiger partial charge in [-0.05, 0) is 42.9 Å². The molecular weight excluding hydrogens is 299 g/mol. The molecule has 0 aliphatic rings. The molecule has 0 radical (unpaired) electrons. The second-order valence-electron chi connectivity index (χ2n) is 4.31. The highest BCUT2D eigenvalue weighted by Gasteiger charge is 2.12. The van der Waals surface area contributed by atoms with E-state index < -0.39 is 0 Å². The minimum Gasteiger partial charge on any atom is -0.330 e. The maximum absolute atomic E-state index is 6.30. The van der Waals surface area contributed by atoms with Gasteiger partial charge < -0.3 is 4.98 Å². The van der Waals surface area contributed by atoms with E-state index in [1.54, 1.807) is 6.07 Å². The van der Waals surface area contributed by atoms with Crippen molar-refractivity contribution in [2.24, 2.45) is 0 Å². The molecule has 1 aromatic heterocycles. The first kappa shape index (κ1) is 12.7. The smallest absolute Gasteiger partial charge is 0.182 e. The van der Waals surface area contributed by atoms with Crippen molar-refractivity contribution < 1.29 is 0 Å².